The second-order valence-electron chi connectivity index (χ2n) is 6.56. The number of alkyl carbamates (subject to hydrolysis) is 1. The van der Waals surface area contributed by atoms with E-state index in [9.17, 15) is 4.79 Å². The first-order valence-electron chi connectivity index (χ1n) is 6.98. The molecule has 18 heavy (non-hydrogen) atoms. The van der Waals surface area contributed by atoms with Crippen LogP contribution < -0.4 is 10.6 Å². The van der Waals surface area contributed by atoms with Gasteiger partial charge in [-0.25, -0.2) is 4.79 Å². The van der Waals surface area contributed by atoms with Crippen LogP contribution >= 0.6 is 0 Å². The standard InChI is InChI=1S/C14H28N2O2/c1-10(2)11-6-7-15-12(8-11)9-16-13(17)18-14(3,4)5/h10-12,15H,6-9H2,1-5H3,(H,16,17)/t11-,12+/m1/s1. The highest BCUT2D eigenvalue weighted by molar-refractivity contribution is 5.67. The zero-order valence-corrected chi connectivity index (χ0v) is 12.4. The number of rotatable bonds is 3. The lowest BCUT2D eigenvalue weighted by molar-refractivity contribution is 0.0517. The lowest BCUT2D eigenvalue weighted by atomic mass is 9.84. The van der Waals surface area contributed by atoms with Gasteiger partial charge in [-0.1, -0.05) is 13.8 Å². The first-order chi connectivity index (χ1) is 8.28. The van der Waals surface area contributed by atoms with Crippen molar-refractivity contribution >= 4 is 6.09 Å². The van der Waals surface area contributed by atoms with Crippen LogP contribution in [0.15, 0.2) is 0 Å². The lowest BCUT2D eigenvalue weighted by Crippen LogP contribution is -2.47. The third-order valence-corrected chi connectivity index (χ3v) is 3.37. The lowest BCUT2D eigenvalue weighted by Gasteiger charge is -2.33. The highest BCUT2D eigenvalue weighted by atomic mass is 16.6. The summed E-state index contributed by atoms with van der Waals surface area (Å²) in [6, 6.07) is 0.374. The van der Waals surface area contributed by atoms with Gasteiger partial charge >= 0.3 is 6.09 Å². The fraction of sp³-hybridized carbons (Fsp3) is 0.929. The van der Waals surface area contributed by atoms with E-state index in [2.05, 4.69) is 24.5 Å². The molecular weight excluding hydrogens is 228 g/mol. The van der Waals surface area contributed by atoms with Crippen LogP contribution in [-0.2, 0) is 4.74 Å². The molecule has 4 heteroatoms. The normalized spacial score (nSPS) is 25.0. The van der Waals surface area contributed by atoms with E-state index in [0.717, 1.165) is 24.8 Å². The average Bonchev–Trinajstić information content (AvgIpc) is 2.24. The quantitative estimate of drug-likeness (QED) is 0.816. The number of piperidine rings is 1. The van der Waals surface area contributed by atoms with E-state index in [1.807, 2.05) is 20.8 Å². The average molecular weight is 256 g/mol. The van der Waals surface area contributed by atoms with Gasteiger partial charge in [0.05, 0.1) is 0 Å². The molecule has 0 aromatic heterocycles. The molecule has 0 bridgehead atoms. The molecule has 4 nitrogen and oxygen atoms in total. The van der Waals surface area contributed by atoms with Crippen molar-refractivity contribution in [3.8, 4) is 0 Å². The van der Waals surface area contributed by atoms with Crippen molar-refractivity contribution in [1.82, 2.24) is 10.6 Å². The molecule has 1 saturated heterocycles. The maximum atomic E-state index is 11.6. The SMILES string of the molecule is CC(C)[C@@H]1CCN[C@H](CNC(=O)OC(C)(C)C)C1. The first-order valence-corrected chi connectivity index (χ1v) is 6.98. The van der Waals surface area contributed by atoms with Crippen LogP contribution in [0.1, 0.15) is 47.5 Å². The molecule has 1 amide bonds. The summed E-state index contributed by atoms with van der Waals surface area (Å²) in [6.07, 6.45) is 2.05. The minimum Gasteiger partial charge on any atom is -0.444 e. The summed E-state index contributed by atoms with van der Waals surface area (Å²) < 4.78 is 5.23. The highest BCUT2D eigenvalue weighted by Crippen LogP contribution is 2.23. The fourth-order valence-electron chi connectivity index (χ4n) is 2.32. The Morgan fingerprint density at radius 2 is 2.11 bits per heavy atom. The number of ether oxygens (including phenoxy) is 1. The number of hydrogen-bond donors (Lipinski definition) is 2. The van der Waals surface area contributed by atoms with Crippen molar-refractivity contribution in [2.24, 2.45) is 11.8 Å². The molecule has 1 aliphatic rings. The zero-order chi connectivity index (χ0) is 13.8. The Morgan fingerprint density at radius 1 is 1.44 bits per heavy atom. The van der Waals surface area contributed by atoms with Gasteiger partial charge in [-0.05, 0) is 52.0 Å². The topological polar surface area (TPSA) is 50.4 Å². The van der Waals surface area contributed by atoms with Crippen molar-refractivity contribution < 1.29 is 9.53 Å². The Morgan fingerprint density at radius 3 is 2.67 bits per heavy atom. The molecule has 0 spiro atoms. The third kappa shape index (κ3) is 5.71. The Labute approximate surface area is 111 Å². The van der Waals surface area contributed by atoms with Crippen LogP contribution in [0.2, 0.25) is 0 Å². The summed E-state index contributed by atoms with van der Waals surface area (Å²) in [5, 5.41) is 6.30. The molecule has 0 aromatic carbocycles. The molecule has 1 rings (SSSR count). The van der Waals surface area contributed by atoms with Gasteiger partial charge in [-0.15, -0.1) is 0 Å². The van der Waals surface area contributed by atoms with Crippen LogP contribution in [0, 0.1) is 11.8 Å². The van der Waals surface area contributed by atoms with Gasteiger partial charge in [0.2, 0.25) is 0 Å². The van der Waals surface area contributed by atoms with Crippen LogP contribution in [0.5, 0.6) is 0 Å². The monoisotopic (exact) mass is 256 g/mol. The van der Waals surface area contributed by atoms with E-state index in [-0.39, 0.29) is 6.09 Å². The molecule has 0 radical (unpaired) electrons. The number of nitrogens with one attached hydrogen (secondary N) is 2. The zero-order valence-electron chi connectivity index (χ0n) is 12.4. The van der Waals surface area contributed by atoms with Gasteiger partial charge in [-0.3, -0.25) is 0 Å². The molecule has 1 fully saturated rings. The summed E-state index contributed by atoms with van der Waals surface area (Å²) >= 11 is 0. The summed E-state index contributed by atoms with van der Waals surface area (Å²) in [6.45, 7) is 11.9. The summed E-state index contributed by atoms with van der Waals surface area (Å²) in [7, 11) is 0. The summed E-state index contributed by atoms with van der Waals surface area (Å²) in [5.74, 6) is 1.48. The minimum atomic E-state index is -0.426. The van der Waals surface area contributed by atoms with E-state index in [0.29, 0.717) is 12.6 Å². The van der Waals surface area contributed by atoms with Crippen molar-refractivity contribution in [1.29, 1.82) is 0 Å². The fourth-order valence-corrected chi connectivity index (χ4v) is 2.32. The van der Waals surface area contributed by atoms with Crippen molar-refractivity contribution in [2.75, 3.05) is 13.1 Å². The second kappa shape index (κ2) is 6.41. The van der Waals surface area contributed by atoms with Gasteiger partial charge < -0.3 is 15.4 Å². The van der Waals surface area contributed by atoms with Crippen LogP contribution in [0.4, 0.5) is 4.79 Å². The number of carbonyl (C=O) groups excluding carboxylic acids is 1. The predicted molar refractivity (Wildman–Crippen MR) is 73.6 cm³/mol. The summed E-state index contributed by atoms with van der Waals surface area (Å²) in [4.78, 5) is 11.6. The highest BCUT2D eigenvalue weighted by Gasteiger charge is 2.24. The van der Waals surface area contributed by atoms with Gasteiger partial charge in [0.15, 0.2) is 0 Å². The largest absolute Gasteiger partial charge is 0.444 e. The summed E-state index contributed by atoms with van der Waals surface area (Å²) in [5.41, 5.74) is -0.426. The molecule has 0 unspecified atom stereocenters. The van der Waals surface area contributed by atoms with E-state index >= 15 is 0 Å². The van der Waals surface area contributed by atoms with Gasteiger partial charge in [0.1, 0.15) is 5.60 Å². The van der Waals surface area contributed by atoms with Crippen molar-refractivity contribution in [3.05, 3.63) is 0 Å². The second-order valence-corrected chi connectivity index (χ2v) is 6.56. The van der Waals surface area contributed by atoms with E-state index in [1.54, 1.807) is 0 Å². The maximum absolute atomic E-state index is 11.6. The molecule has 106 valence electrons. The predicted octanol–water partition coefficient (Wildman–Crippen LogP) is 2.54. The molecule has 1 heterocycles. The number of carbonyl (C=O) groups is 1. The Balaban J connectivity index is 2.28. The van der Waals surface area contributed by atoms with Crippen molar-refractivity contribution in [3.63, 3.8) is 0 Å². The van der Waals surface area contributed by atoms with Crippen molar-refractivity contribution in [2.45, 2.75) is 59.1 Å². The molecule has 2 N–H and O–H groups in total. The molecular formula is C14H28N2O2. The Kier molecular flexibility index (Phi) is 5.45. The molecule has 0 aliphatic carbocycles. The Hall–Kier alpha value is -0.770. The Bertz CT molecular complexity index is 271. The van der Waals surface area contributed by atoms with Gasteiger partial charge in [-0.2, -0.15) is 0 Å². The minimum absolute atomic E-state index is 0.323. The third-order valence-electron chi connectivity index (χ3n) is 3.37. The number of hydrogen-bond acceptors (Lipinski definition) is 3. The van der Waals surface area contributed by atoms with E-state index < -0.39 is 5.60 Å². The molecule has 1 aliphatic heterocycles. The maximum Gasteiger partial charge on any atom is 0.407 e. The van der Waals surface area contributed by atoms with E-state index in [4.69, 9.17) is 4.74 Å². The smallest absolute Gasteiger partial charge is 0.407 e. The van der Waals surface area contributed by atoms with Crippen LogP contribution in [0.25, 0.3) is 0 Å². The number of amides is 1. The first kappa shape index (κ1) is 15.3. The van der Waals surface area contributed by atoms with Gasteiger partial charge in [0, 0.05) is 12.6 Å². The van der Waals surface area contributed by atoms with Crippen LogP contribution in [0.3, 0.4) is 0 Å². The van der Waals surface area contributed by atoms with Crippen LogP contribution in [-0.4, -0.2) is 30.8 Å². The van der Waals surface area contributed by atoms with Gasteiger partial charge in [0.25, 0.3) is 0 Å². The molecule has 0 aromatic rings. The van der Waals surface area contributed by atoms with E-state index in [1.165, 1.54) is 6.42 Å². The molecule has 2 atom stereocenters. The molecule has 0 saturated carbocycles.